The summed E-state index contributed by atoms with van der Waals surface area (Å²) in [5.74, 6) is -0.607. The van der Waals surface area contributed by atoms with E-state index in [1.54, 1.807) is 0 Å². The first-order chi connectivity index (χ1) is 8.09. The van der Waals surface area contributed by atoms with Gasteiger partial charge in [-0.3, -0.25) is 0 Å². The van der Waals surface area contributed by atoms with Crippen LogP contribution in [-0.4, -0.2) is 22.2 Å². The number of aromatic nitrogens is 1. The van der Waals surface area contributed by atoms with Gasteiger partial charge in [-0.25, -0.2) is 9.78 Å². The maximum atomic E-state index is 10.7. The van der Waals surface area contributed by atoms with Gasteiger partial charge >= 0.3 is 5.97 Å². The first-order valence-electron chi connectivity index (χ1n) is 5.02. The van der Waals surface area contributed by atoms with Crippen molar-refractivity contribution in [2.75, 3.05) is 0 Å². The largest absolute Gasteiger partial charge is 0.479 e. The summed E-state index contributed by atoms with van der Waals surface area (Å²) in [4.78, 5) is 14.7. The van der Waals surface area contributed by atoms with Crippen LogP contribution in [0.1, 0.15) is 6.92 Å². The van der Waals surface area contributed by atoms with E-state index in [0.717, 1.165) is 10.8 Å². The maximum absolute atomic E-state index is 10.7. The third-order valence-corrected chi connectivity index (χ3v) is 2.66. The summed E-state index contributed by atoms with van der Waals surface area (Å²) in [6, 6.07) is 7.28. The molecular weight excluding hydrogens is 242 g/mol. The number of carbonyl (C=O) groups is 1. The maximum Gasteiger partial charge on any atom is 0.344 e. The summed E-state index contributed by atoms with van der Waals surface area (Å²) < 4.78 is 5.32. The molecule has 0 spiro atoms. The lowest BCUT2D eigenvalue weighted by Crippen LogP contribution is -2.23. The molecule has 1 heterocycles. The molecule has 5 heteroatoms. The summed E-state index contributed by atoms with van der Waals surface area (Å²) in [5.41, 5.74) is 0. The molecule has 0 saturated carbocycles. The van der Waals surface area contributed by atoms with Crippen molar-refractivity contribution in [3.05, 3.63) is 35.6 Å². The average molecular weight is 252 g/mol. The summed E-state index contributed by atoms with van der Waals surface area (Å²) >= 11 is 5.95. The molecule has 0 radical (unpaired) electrons. The number of carboxylic acids is 1. The lowest BCUT2D eigenvalue weighted by molar-refractivity contribution is -0.144. The second-order valence-electron chi connectivity index (χ2n) is 3.56. The molecule has 0 unspecified atom stereocenters. The van der Waals surface area contributed by atoms with E-state index in [-0.39, 0.29) is 0 Å². The highest BCUT2D eigenvalue weighted by atomic mass is 35.5. The Morgan fingerprint density at radius 3 is 2.71 bits per heavy atom. The zero-order chi connectivity index (χ0) is 12.4. The van der Waals surface area contributed by atoms with E-state index in [0.29, 0.717) is 10.9 Å². The molecule has 1 aromatic heterocycles. The molecule has 1 N–H and O–H groups in total. The molecule has 0 bridgehead atoms. The third-order valence-electron chi connectivity index (χ3n) is 2.36. The molecule has 0 saturated heterocycles. The normalized spacial score (nSPS) is 12.4. The highest BCUT2D eigenvalue weighted by molar-refractivity contribution is 6.34. The predicted molar refractivity (Wildman–Crippen MR) is 64.5 cm³/mol. The van der Waals surface area contributed by atoms with E-state index in [9.17, 15) is 4.79 Å². The number of fused-ring (bicyclic) bond motifs is 1. The van der Waals surface area contributed by atoms with Crippen LogP contribution in [-0.2, 0) is 4.79 Å². The molecular formula is C12H10ClNO3. The summed E-state index contributed by atoms with van der Waals surface area (Å²) in [6.45, 7) is 1.46. The fourth-order valence-electron chi connectivity index (χ4n) is 1.47. The van der Waals surface area contributed by atoms with Crippen LogP contribution in [0.25, 0.3) is 10.8 Å². The number of pyridine rings is 1. The van der Waals surface area contributed by atoms with Crippen LogP contribution in [0.15, 0.2) is 30.5 Å². The number of ether oxygens (including phenoxy) is 1. The topological polar surface area (TPSA) is 59.4 Å². The van der Waals surface area contributed by atoms with Crippen molar-refractivity contribution in [1.82, 2.24) is 4.98 Å². The number of nitrogens with zero attached hydrogens (tertiary/aromatic N) is 1. The Morgan fingerprint density at radius 2 is 2.06 bits per heavy atom. The second-order valence-corrected chi connectivity index (χ2v) is 3.92. The van der Waals surface area contributed by atoms with Crippen LogP contribution in [0.5, 0.6) is 5.75 Å². The van der Waals surface area contributed by atoms with Gasteiger partial charge in [0, 0.05) is 10.8 Å². The van der Waals surface area contributed by atoms with Crippen LogP contribution in [0, 0.1) is 0 Å². The summed E-state index contributed by atoms with van der Waals surface area (Å²) in [7, 11) is 0. The van der Waals surface area contributed by atoms with Crippen molar-refractivity contribution in [3.63, 3.8) is 0 Å². The molecule has 1 atom stereocenters. The zero-order valence-electron chi connectivity index (χ0n) is 9.05. The van der Waals surface area contributed by atoms with Crippen molar-refractivity contribution in [1.29, 1.82) is 0 Å². The molecule has 0 amide bonds. The fraction of sp³-hybridized carbons (Fsp3) is 0.167. The van der Waals surface area contributed by atoms with Crippen LogP contribution in [0.3, 0.4) is 0 Å². The quantitative estimate of drug-likeness (QED) is 0.852. The summed E-state index contributed by atoms with van der Waals surface area (Å²) in [5, 5.41) is 10.7. The Labute approximate surface area is 103 Å². The smallest absolute Gasteiger partial charge is 0.344 e. The number of carboxylic acid groups (broad SMARTS) is 1. The minimum absolute atomic E-state index is 0.371. The van der Waals surface area contributed by atoms with Gasteiger partial charge in [-0.05, 0) is 6.92 Å². The molecule has 4 nitrogen and oxygen atoms in total. The van der Waals surface area contributed by atoms with E-state index in [1.165, 1.54) is 13.1 Å². The first kappa shape index (κ1) is 11.7. The second kappa shape index (κ2) is 4.59. The van der Waals surface area contributed by atoms with Gasteiger partial charge in [0.05, 0.1) is 6.20 Å². The Hall–Kier alpha value is -1.81. The van der Waals surface area contributed by atoms with Gasteiger partial charge in [0.15, 0.2) is 6.10 Å². The lowest BCUT2D eigenvalue weighted by atomic mass is 10.1. The number of hydrogen-bond acceptors (Lipinski definition) is 3. The highest BCUT2D eigenvalue weighted by Gasteiger charge is 2.15. The predicted octanol–water partition coefficient (Wildman–Crippen LogP) is 2.74. The minimum Gasteiger partial charge on any atom is -0.479 e. The fourth-order valence-corrected chi connectivity index (χ4v) is 1.68. The van der Waals surface area contributed by atoms with Gasteiger partial charge in [0.25, 0.3) is 0 Å². The van der Waals surface area contributed by atoms with Crippen LogP contribution < -0.4 is 4.74 Å². The van der Waals surface area contributed by atoms with Crippen molar-refractivity contribution in [2.45, 2.75) is 13.0 Å². The monoisotopic (exact) mass is 251 g/mol. The van der Waals surface area contributed by atoms with Gasteiger partial charge in [-0.15, -0.1) is 0 Å². The molecule has 2 rings (SSSR count). The molecule has 0 aliphatic heterocycles. The van der Waals surface area contributed by atoms with Gasteiger partial charge in [0.2, 0.25) is 0 Å². The number of hydrogen-bond donors (Lipinski definition) is 1. The van der Waals surface area contributed by atoms with E-state index < -0.39 is 12.1 Å². The molecule has 0 fully saturated rings. The van der Waals surface area contributed by atoms with Crippen molar-refractivity contribution < 1.29 is 14.6 Å². The molecule has 88 valence electrons. The van der Waals surface area contributed by atoms with E-state index in [1.807, 2.05) is 24.3 Å². The molecule has 0 aliphatic carbocycles. The molecule has 1 aromatic carbocycles. The number of aliphatic carboxylic acids is 1. The van der Waals surface area contributed by atoms with Crippen LogP contribution in [0.4, 0.5) is 0 Å². The molecule has 2 aromatic rings. The number of benzene rings is 1. The molecule has 0 aliphatic rings. The van der Waals surface area contributed by atoms with Crippen LogP contribution in [0.2, 0.25) is 5.15 Å². The third kappa shape index (κ3) is 2.31. The highest BCUT2D eigenvalue weighted by Crippen LogP contribution is 2.29. The standard InChI is InChI=1S/C12H10ClNO3/c1-7(12(15)16)17-10-6-14-11(13)9-5-3-2-4-8(9)10/h2-7H,1H3,(H,15,16)/t7-/m0/s1. The first-order valence-corrected chi connectivity index (χ1v) is 5.40. The Bertz CT molecular complexity index is 571. The Balaban J connectivity index is 2.48. The van der Waals surface area contributed by atoms with Crippen molar-refractivity contribution >= 4 is 28.3 Å². The Morgan fingerprint density at radius 1 is 1.41 bits per heavy atom. The Kier molecular flexibility index (Phi) is 3.15. The van der Waals surface area contributed by atoms with Crippen molar-refractivity contribution in [2.24, 2.45) is 0 Å². The van der Waals surface area contributed by atoms with E-state index in [2.05, 4.69) is 4.98 Å². The van der Waals surface area contributed by atoms with Gasteiger partial charge < -0.3 is 9.84 Å². The SMILES string of the molecule is C[C@H](Oc1cnc(Cl)c2ccccc12)C(=O)O. The summed E-state index contributed by atoms with van der Waals surface area (Å²) in [6.07, 6.45) is 0.505. The van der Waals surface area contributed by atoms with Crippen molar-refractivity contribution in [3.8, 4) is 5.75 Å². The van der Waals surface area contributed by atoms with Gasteiger partial charge in [-0.1, -0.05) is 35.9 Å². The number of rotatable bonds is 3. The lowest BCUT2D eigenvalue weighted by Gasteiger charge is -2.12. The minimum atomic E-state index is -1.02. The average Bonchev–Trinajstić information content (AvgIpc) is 2.33. The molecule has 17 heavy (non-hydrogen) atoms. The van der Waals surface area contributed by atoms with Gasteiger partial charge in [0.1, 0.15) is 10.9 Å². The van der Waals surface area contributed by atoms with Gasteiger partial charge in [-0.2, -0.15) is 0 Å². The van der Waals surface area contributed by atoms with Crippen LogP contribution >= 0.6 is 11.6 Å². The number of halogens is 1. The zero-order valence-corrected chi connectivity index (χ0v) is 9.81. The van der Waals surface area contributed by atoms with E-state index in [4.69, 9.17) is 21.4 Å². The van der Waals surface area contributed by atoms with E-state index >= 15 is 0 Å².